The molecule has 1 aliphatic heterocycles. The van der Waals surface area contributed by atoms with E-state index in [1.165, 1.54) is 25.1 Å². The third kappa shape index (κ3) is 2.06. The standard InChI is InChI=1S/C10H19N/c1-8(2)9(3)10-5-6-11(4)7-10/h8,10H,3,5-7H2,1-2,4H3. The minimum atomic E-state index is 0.659. The van der Waals surface area contributed by atoms with E-state index in [9.17, 15) is 0 Å². The van der Waals surface area contributed by atoms with Crippen LogP contribution in [0.4, 0.5) is 0 Å². The van der Waals surface area contributed by atoms with Crippen LogP contribution in [0.15, 0.2) is 12.2 Å². The predicted octanol–water partition coefficient (Wildman–Crippen LogP) is 2.15. The molecule has 0 spiro atoms. The van der Waals surface area contributed by atoms with E-state index in [0.717, 1.165) is 5.92 Å². The van der Waals surface area contributed by atoms with Gasteiger partial charge in [-0.1, -0.05) is 26.0 Å². The van der Waals surface area contributed by atoms with Crippen LogP contribution in [0.2, 0.25) is 0 Å². The van der Waals surface area contributed by atoms with Gasteiger partial charge in [-0.15, -0.1) is 0 Å². The molecule has 0 amide bonds. The van der Waals surface area contributed by atoms with E-state index < -0.39 is 0 Å². The van der Waals surface area contributed by atoms with Crippen LogP contribution in [0.5, 0.6) is 0 Å². The second-order valence-electron chi connectivity index (χ2n) is 3.98. The lowest BCUT2D eigenvalue weighted by Gasteiger charge is -2.16. The lowest BCUT2D eigenvalue weighted by atomic mass is 9.91. The number of hydrogen-bond acceptors (Lipinski definition) is 1. The van der Waals surface area contributed by atoms with E-state index in [-0.39, 0.29) is 0 Å². The molecule has 0 aliphatic carbocycles. The topological polar surface area (TPSA) is 3.24 Å². The monoisotopic (exact) mass is 153 g/mol. The molecule has 11 heavy (non-hydrogen) atoms. The van der Waals surface area contributed by atoms with Crippen LogP contribution in [0.25, 0.3) is 0 Å². The van der Waals surface area contributed by atoms with Gasteiger partial charge >= 0.3 is 0 Å². The van der Waals surface area contributed by atoms with Crippen molar-refractivity contribution in [2.45, 2.75) is 20.3 Å². The first-order valence-corrected chi connectivity index (χ1v) is 4.48. The Bertz CT molecular complexity index is 149. The molecule has 64 valence electrons. The first-order valence-electron chi connectivity index (χ1n) is 4.48. The highest BCUT2D eigenvalue weighted by Crippen LogP contribution is 2.26. The lowest BCUT2D eigenvalue weighted by molar-refractivity contribution is 0.401. The maximum Gasteiger partial charge on any atom is 0.00444 e. The van der Waals surface area contributed by atoms with Gasteiger partial charge in [-0.05, 0) is 31.8 Å². The van der Waals surface area contributed by atoms with Crippen LogP contribution < -0.4 is 0 Å². The van der Waals surface area contributed by atoms with Crippen LogP contribution in [-0.2, 0) is 0 Å². The highest BCUT2D eigenvalue weighted by Gasteiger charge is 2.22. The van der Waals surface area contributed by atoms with Crippen molar-refractivity contribution in [3.8, 4) is 0 Å². The molecule has 0 aromatic carbocycles. The van der Waals surface area contributed by atoms with E-state index in [4.69, 9.17) is 0 Å². The van der Waals surface area contributed by atoms with Crippen molar-refractivity contribution in [2.75, 3.05) is 20.1 Å². The third-order valence-corrected chi connectivity index (χ3v) is 2.66. The first kappa shape index (κ1) is 8.79. The van der Waals surface area contributed by atoms with Crippen molar-refractivity contribution in [1.29, 1.82) is 0 Å². The molecular weight excluding hydrogens is 134 g/mol. The molecule has 1 heteroatoms. The molecule has 0 aromatic rings. The van der Waals surface area contributed by atoms with Crippen LogP contribution in [0.1, 0.15) is 20.3 Å². The fourth-order valence-corrected chi connectivity index (χ4v) is 1.71. The Hall–Kier alpha value is -0.300. The van der Waals surface area contributed by atoms with Crippen LogP contribution in [0.3, 0.4) is 0 Å². The highest BCUT2D eigenvalue weighted by molar-refractivity contribution is 5.06. The minimum absolute atomic E-state index is 0.659. The second kappa shape index (κ2) is 3.40. The number of hydrogen-bond donors (Lipinski definition) is 0. The summed E-state index contributed by atoms with van der Waals surface area (Å²) in [7, 11) is 2.19. The zero-order chi connectivity index (χ0) is 8.43. The van der Waals surface area contributed by atoms with Crippen LogP contribution in [-0.4, -0.2) is 25.0 Å². The van der Waals surface area contributed by atoms with Gasteiger partial charge in [-0.3, -0.25) is 0 Å². The zero-order valence-corrected chi connectivity index (χ0v) is 7.93. The van der Waals surface area contributed by atoms with Gasteiger partial charge in [0.1, 0.15) is 0 Å². The van der Waals surface area contributed by atoms with Gasteiger partial charge in [0.2, 0.25) is 0 Å². The summed E-state index contributed by atoms with van der Waals surface area (Å²) in [5.41, 5.74) is 1.44. The van der Waals surface area contributed by atoms with Crippen molar-refractivity contribution < 1.29 is 0 Å². The summed E-state index contributed by atoms with van der Waals surface area (Å²) in [5, 5.41) is 0. The van der Waals surface area contributed by atoms with E-state index >= 15 is 0 Å². The fraction of sp³-hybridized carbons (Fsp3) is 0.800. The average Bonchev–Trinajstić information content (AvgIpc) is 2.34. The van der Waals surface area contributed by atoms with Gasteiger partial charge in [0.25, 0.3) is 0 Å². The zero-order valence-electron chi connectivity index (χ0n) is 7.93. The Morgan fingerprint density at radius 1 is 1.55 bits per heavy atom. The molecule has 1 nitrogen and oxygen atoms in total. The van der Waals surface area contributed by atoms with Crippen molar-refractivity contribution in [3.63, 3.8) is 0 Å². The highest BCUT2D eigenvalue weighted by atomic mass is 15.1. The summed E-state index contributed by atoms with van der Waals surface area (Å²) in [6.45, 7) is 11.1. The van der Waals surface area contributed by atoms with Crippen molar-refractivity contribution in [3.05, 3.63) is 12.2 Å². The number of rotatable bonds is 2. The molecule has 1 rings (SSSR count). The van der Waals surface area contributed by atoms with Crippen molar-refractivity contribution >= 4 is 0 Å². The quantitative estimate of drug-likeness (QED) is 0.549. The Morgan fingerprint density at radius 3 is 2.55 bits per heavy atom. The molecule has 1 unspecified atom stereocenters. The van der Waals surface area contributed by atoms with Crippen molar-refractivity contribution in [1.82, 2.24) is 4.90 Å². The Morgan fingerprint density at radius 2 is 2.18 bits per heavy atom. The smallest absolute Gasteiger partial charge is 0.00444 e. The fourth-order valence-electron chi connectivity index (χ4n) is 1.71. The van der Waals surface area contributed by atoms with Crippen LogP contribution in [0, 0.1) is 11.8 Å². The maximum absolute atomic E-state index is 4.14. The number of likely N-dealkylation sites (tertiary alicyclic amines) is 1. The summed E-state index contributed by atoms with van der Waals surface area (Å²) in [6.07, 6.45) is 1.31. The molecule has 1 heterocycles. The minimum Gasteiger partial charge on any atom is -0.306 e. The predicted molar refractivity (Wildman–Crippen MR) is 49.6 cm³/mol. The number of nitrogens with zero attached hydrogens (tertiary/aromatic N) is 1. The van der Waals surface area contributed by atoms with Crippen molar-refractivity contribution in [2.24, 2.45) is 11.8 Å². The molecule has 0 aromatic heterocycles. The van der Waals surface area contributed by atoms with E-state index in [1.54, 1.807) is 0 Å². The average molecular weight is 153 g/mol. The molecule has 0 N–H and O–H groups in total. The van der Waals surface area contributed by atoms with E-state index in [1.807, 2.05) is 0 Å². The summed E-state index contributed by atoms with van der Waals surface area (Å²) in [4.78, 5) is 2.39. The molecule has 0 radical (unpaired) electrons. The summed E-state index contributed by atoms with van der Waals surface area (Å²) < 4.78 is 0. The molecule has 0 bridgehead atoms. The molecule has 1 fully saturated rings. The van der Waals surface area contributed by atoms with Gasteiger partial charge < -0.3 is 4.90 Å². The molecular formula is C10H19N. The van der Waals surface area contributed by atoms with E-state index in [0.29, 0.717) is 5.92 Å². The van der Waals surface area contributed by atoms with Crippen LogP contribution >= 0.6 is 0 Å². The molecule has 0 saturated carbocycles. The Balaban J connectivity index is 2.43. The molecule has 1 atom stereocenters. The Labute approximate surface area is 70.1 Å². The SMILES string of the molecule is C=C(C(C)C)C1CCN(C)C1. The summed E-state index contributed by atoms with van der Waals surface area (Å²) >= 11 is 0. The third-order valence-electron chi connectivity index (χ3n) is 2.66. The van der Waals surface area contributed by atoms with Gasteiger partial charge in [0.15, 0.2) is 0 Å². The van der Waals surface area contributed by atoms with Gasteiger partial charge in [-0.25, -0.2) is 0 Å². The maximum atomic E-state index is 4.14. The van der Waals surface area contributed by atoms with Gasteiger partial charge in [0, 0.05) is 6.54 Å². The van der Waals surface area contributed by atoms with Gasteiger partial charge in [0.05, 0.1) is 0 Å². The lowest BCUT2D eigenvalue weighted by Crippen LogP contribution is -2.16. The molecule has 1 aliphatic rings. The van der Waals surface area contributed by atoms with Gasteiger partial charge in [-0.2, -0.15) is 0 Å². The summed E-state index contributed by atoms with van der Waals surface area (Å²) in [5.74, 6) is 1.42. The normalized spacial score (nSPS) is 26.4. The largest absolute Gasteiger partial charge is 0.306 e. The Kier molecular flexibility index (Phi) is 2.72. The first-order chi connectivity index (χ1) is 5.11. The summed E-state index contributed by atoms with van der Waals surface area (Å²) in [6, 6.07) is 0. The van der Waals surface area contributed by atoms with E-state index in [2.05, 4.69) is 32.4 Å². The molecule has 1 saturated heterocycles. The second-order valence-corrected chi connectivity index (χ2v) is 3.98.